The van der Waals surface area contributed by atoms with Gasteiger partial charge < -0.3 is 5.43 Å². The van der Waals surface area contributed by atoms with Gasteiger partial charge >= 0.3 is 0 Å². The standard InChI is InChI=1S/C10H15FN4/c1-6-8(11)10(15-12)14-9(13-6)7-4-2-3-5-7/h7H,2-5,12H2,1H3,(H,13,14,15). The van der Waals surface area contributed by atoms with E-state index in [9.17, 15) is 4.39 Å². The predicted molar refractivity (Wildman–Crippen MR) is 55.7 cm³/mol. The third-order valence-electron chi connectivity index (χ3n) is 2.89. The van der Waals surface area contributed by atoms with Crippen LogP contribution in [-0.4, -0.2) is 9.97 Å². The van der Waals surface area contributed by atoms with Crippen LogP contribution in [0.2, 0.25) is 0 Å². The first-order valence-electron chi connectivity index (χ1n) is 5.23. The molecular formula is C10H15FN4. The fourth-order valence-electron chi connectivity index (χ4n) is 2.04. The van der Waals surface area contributed by atoms with Gasteiger partial charge in [0.25, 0.3) is 0 Å². The number of hydrazine groups is 1. The first kappa shape index (κ1) is 10.3. The molecule has 3 N–H and O–H groups in total. The van der Waals surface area contributed by atoms with Gasteiger partial charge in [0.2, 0.25) is 0 Å². The SMILES string of the molecule is Cc1nc(C2CCCC2)nc(NN)c1F. The summed E-state index contributed by atoms with van der Waals surface area (Å²) in [5.41, 5.74) is 2.63. The minimum Gasteiger partial charge on any atom is -0.306 e. The highest BCUT2D eigenvalue weighted by atomic mass is 19.1. The van der Waals surface area contributed by atoms with E-state index in [1.807, 2.05) is 0 Å². The average molecular weight is 210 g/mol. The van der Waals surface area contributed by atoms with E-state index in [1.165, 1.54) is 12.8 Å². The van der Waals surface area contributed by atoms with Gasteiger partial charge in [-0.1, -0.05) is 12.8 Å². The van der Waals surface area contributed by atoms with Gasteiger partial charge in [0.1, 0.15) is 5.82 Å². The number of nitrogens with one attached hydrogen (secondary N) is 1. The molecule has 1 saturated carbocycles. The molecule has 1 fully saturated rings. The lowest BCUT2D eigenvalue weighted by molar-refractivity contribution is 0.585. The quantitative estimate of drug-likeness (QED) is 0.577. The smallest absolute Gasteiger partial charge is 0.187 e. The van der Waals surface area contributed by atoms with E-state index in [1.54, 1.807) is 6.92 Å². The Bertz CT molecular complexity index is 361. The van der Waals surface area contributed by atoms with Crippen molar-refractivity contribution in [3.63, 3.8) is 0 Å². The monoisotopic (exact) mass is 210 g/mol. The normalized spacial score (nSPS) is 17.0. The van der Waals surface area contributed by atoms with E-state index < -0.39 is 5.82 Å². The zero-order valence-electron chi connectivity index (χ0n) is 8.76. The molecule has 0 aliphatic heterocycles. The molecule has 2 rings (SSSR count). The van der Waals surface area contributed by atoms with Crippen LogP contribution in [0.25, 0.3) is 0 Å². The molecule has 0 aromatic carbocycles. The molecule has 15 heavy (non-hydrogen) atoms. The molecule has 0 amide bonds. The molecule has 0 unspecified atom stereocenters. The van der Waals surface area contributed by atoms with Crippen molar-refractivity contribution in [2.24, 2.45) is 5.84 Å². The second-order valence-electron chi connectivity index (χ2n) is 3.96. The van der Waals surface area contributed by atoms with Gasteiger partial charge in [0.05, 0.1) is 5.69 Å². The number of aryl methyl sites for hydroxylation is 1. The van der Waals surface area contributed by atoms with Crippen LogP contribution >= 0.6 is 0 Å². The van der Waals surface area contributed by atoms with E-state index in [0.717, 1.165) is 18.7 Å². The number of nitrogens with zero attached hydrogens (tertiary/aromatic N) is 2. The molecule has 0 atom stereocenters. The van der Waals surface area contributed by atoms with Crippen molar-refractivity contribution in [3.05, 3.63) is 17.3 Å². The number of rotatable bonds is 2. The lowest BCUT2D eigenvalue weighted by Crippen LogP contribution is -2.15. The molecular weight excluding hydrogens is 195 g/mol. The van der Waals surface area contributed by atoms with Crippen LogP contribution < -0.4 is 11.3 Å². The second kappa shape index (κ2) is 4.10. The second-order valence-corrected chi connectivity index (χ2v) is 3.96. The summed E-state index contributed by atoms with van der Waals surface area (Å²) in [7, 11) is 0. The highest BCUT2D eigenvalue weighted by molar-refractivity contribution is 5.37. The molecule has 1 aromatic heterocycles. The first-order valence-corrected chi connectivity index (χ1v) is 5.23. The number of aromatic nitrogens is 2. The predicted octanol–water partition coefficient (Wildman–Crippen LogP) is 1.87. The van der Waals surface area contributed by atoms with Crippen molar-refractivity contribution in [2.45, 2.75) is 38.5 Å². The zero-order valence-corrected chi connectivity index (χ0v) is 8.76. The topological polar surface area (TPSA) is 63.8 Å². The number of hydrogen-bond donors (Lipinski definition) is 2. The van der Waals surface area contributed by atoms with Crippen LogP contribution in [0.1, 0.15) is 43.1 Å². The summed E-state index contributed by atoms with van der Waals surface area (Å²) in [6, 6.07) is 0. The maximum Gasteiger partial charge on any atom is 0.187 e. The molecule has 1 aliphatic rings. The lowest BCUT2D eigenvalue weighted by Gasteiger charge is -2.11. The van der Waals surface area contributed by atoms with Gasteiger partial charge in [0.15, 0.2) is 11.6 Å². The molecule has 4 nitrogen and oxygen atoms in total. The number of anilines is 1. The van der Waals surface area contributed by atoms with Crippen LogP contribution in [0.4, 0.5) is 10.2 Å². The molecule has 5 heteroatoms. The largest absolute Gasteiger partial charge is 0.306 e. The van der Waals surface area contributed by atoms with Crippen molar-refractivity contribution in [1.82, 2.24) is 9.97 Å². The van der Waals surface area contributed by atoms with Gasteiger partial charge in [-0.25, -0.2) is 20.2 Å². The van der Waals surface area contributed by atoms with Crippen molar-refractivity contribution in [1.29, 1.82) is 0 Å². The van der Waals surface area contributed by atoms with Crippen LogP contribution in [0.3, 0.4) is 0 Å². The van der Waals surface area contributed by atoms with Crippen molar-refractivity contribution in [3.8, 4) is 0 Å². The number of hydrogen-bond acceptors (Lipinski definition) is 4. The molecule has 0 radical (unpaired) electrons. The Morgan fingerprint density at radius 3 is 2.60 bits per heavy atom. The summed E-state index contributed by atoms with van der Waals surface area (Å²) in [4.78, 5) is 8.29. The Balaban J connectivity index is 2.35. The summed E-state index contributed by atoms with van der Waals surface area (Å²) in [5.74, 6) is 5.94. The van der Waals surface area contributed by atoms with Crippen molar-refractivity contribution < 1.29 is 4.39 Å². The summed E-state index contributed by atoms with van der Waals surface area (Å²) >= 11 is 0. The van der Waals surface area contributed by atoms with Gasteiger partial charge in [-0.05, 0) is 19.8 Å². The van der Waals surface area contributed by atoms with E-state index in [-0.39, 0.29) is 5.82 Å². The molecule has 1 aliphatic carbocycles. The fraction of sp³-hybridized carbons (Fsp3) is 0.600. The first-order chi connectivity index (χ1) is 7.22. The third-order valence-corrected chi connectivity index (χ3v) is 2.89. The van der Waals surface area contributed by atoms with E-state index >= 15 is 0 Å². The van der Waals surface area contributed by atoms with Crippen LogP contribution in [0, 0.1) is 12.7 Å². The summed E-state index contributed by atoms with van der Waals surface area (Å²) in [5, 5.41) is 0. The Labute approximate surface area is 88.1 Å². The van der Waals surface area contributed by atoms with Crippen molar-refractivity contribution in [2.75, 3.05) is 5.43 Å². The number of halogens is 1. The molecule has 1 aromatic rings. The third kappa shape index (κ3) is 1.92. The van der Waals surface area contributed by atoms with E-state index in [4.69, 9.17) is 5.84 Å². The zero-order chi connectivity index (χ0) is 10.8. The summed E-state index contributed by atoms with van der Waals surface area (Å²) in [6.07, 6.45) is 4.59. The molecule has 82 valence electrons. The maximum absolute atomic E-state index is 13.4. The van der Waals surface area contributed by atoms with Crippen LogP contribution in [0.15, 0.2) is 0 Å². The van der Waals surface area contributed by atoms with Crippen LogP contribution in [-0.2, 0) is 0 Å². The maximum atomic E-state index is 13.4. The highest BCUT2D eigenvalue weighted by Crippen LogP contribution is 2.32. The van der Waals surface area contributed by atoms with Gasteiger partial charge in [0, 0.05) is 5.92 Å². The molecule has 0 bridgehead atoms. The highest BCUT2D eigenvalue weighted by Gasteiger charge is 2.22. The summed E-state index contributed by atoms with van der Waals surface area (Å²) < 4.78 is 13.4. The van der Waals surface area contributed by atoms with Gasteiger partial charge in [-0.3, -0.25) is 0 Å². The Hall–Kier alpha value is -1.23. The average Bonchev–Trinajstić information content (AvgIpc) is 2.75. The molecule has 0 saturated heterocycles. The summed E-state index contributed by atoms with van der Waals surface area (Å²) in [6.45, 7) is 1.64. The molecule has 1 heterocycles. The minimum atomic E-state index is -0.459. The fourth-order valence-corrected chi connectivity index (χ4v) is 2.04. The van der Waals surface area contributed by atoms with Gasteiger partial charge in [-0.2, -0.15) is 0 Å². The Kier molecular flexibility index (Phi) is 2.81. The van der Waals surface area contributed by atoms with Crippen molar-refractivity contribution >= 4 is 5.82 Å². The van der Waals surface area contributed by atoms with E-state index in [0.29, 0.717) is 11.6 Å². The molecule has 0 spiro atoms. The van der Waals surface area contributed by atoms with E-state index in [2.05, 4.69) is 15.4 Å². The Morgan fingerprint density at radius 1 is 1.33 bits per heavy atom. The number of nitrogen functional groups attached to an aromatic ring is 1. The minimum absolute atomic E-state index is 0.101. The van der Waals surface area contributed by atoms with Crippen LogP contribution in [0.5, 0.6) is 0 Å². The van der Waals surface area contributed by atoms with Gasteiger partial charge in [-0.15, -0.1) is 0 Å². The number of nitrogens with two attached hydrogens (primary N) is 1. The Morgan fingerprint density at radius 2 is 2.00 bits per heavy atom. The lowest BCUT2D eigenvalue weighted by atomic mass is 10.1.